The molecule has 0 fully saturated rings. The van der Waals surface area contributed by atoms with Crippen molar-refractivity contribution in [3.05, 3.63) is 36.3 Å². The van der Waals surface area contributed by atoms with Crippen molar-refractivity contribution in [2.75, 3.05) is 0 Å². The average molecular weight is 202 g/mol. The van der Waals surface area contributed by atoms with E-state index in [2.05, 4.69) is 10.1 Å². The molecule has 76 valence electrons. The topological polar surface area (TPSA) is 73.8 Å². The number of rotatable bonds is 2. The number of amides is 1. The second kappa shape index (κ2) is 3.53. The van der Waals surface area contributed by atoms with Crippen LogP contribution in [0.4, 0.5) is 0 Å². The number of carbonyl (C=O) groups is 1. The molecule has 0 radical (unpaired) electrons. The minimum atomic E-state index is -0.522. The molecule has 15 heavy (non-hydrogen) atoms. The van der Waals surface area contributed by atoms with Gasteiger partial charge in [0.2, 0.25) is 0 Å². The molecule has 0 saturated carbocycles. The second-order valence-electron chi connectivity index (χ2n) is 3.14. The molecular formula is C10H10N4O. The Kier molecular flexibility index (Phi) is 2.21. The van der Waals surface area contributed by atoms with Gasteiger partial charge in [-0.2, -0.15) is 5.10 Å². The van der Waals surface area contributed by atoms with Gasteiger partial charge in [-0.1, -0.05) is 0 Å². The van der Waals surface area contributed by atoms with Crippen LogP contribution in [0.25, 0.3) is 11.3 Å². The van der Waals surface area contributed by atoms with Crippen molar-refractivity contribution in [3.8, 4) is 11.3 Å². The van der Waals surface area contributed by atoms with Crippen LogP contribution in [0.2, 0.25) is 0 Å². The largest absolute Gasteiger partial charge is 0.364 e. The molecule has 5 heteroatoms. The van der Waals surface area contributed by atoms with E-state index in [1.54, 1.807) is 30.2 Å². The van der Waals surface area contributed by atoms with Crippen LogP contribution in [0.3, 0.4) is 0 Å². The normalized spacial score (nSPS) is 10.2. The Morgan fingerprint density at radius 3 is 2.60 bits per heavy atom. The zero-order valence-electron chi connectivity index (χ0n) is 8.21. The Morgan fingerprint density at radius 1 is 1.40 bits per heavy atom. The van der Waals surface area contributed by atoms with E-state index in [1.165, 1.54) is 0 Å². The summed E-state index contributed by atoms with van der Waals surface area (Å²) in [4.78, 5) is 14.9. The lowest BCUT2D eigenvalue weighted by atomic mass is 10.2. The predicted octanol–water partition coefficient (Wildman–Crippen LogP) is 0.581. The lowest BCUT2D eigenvalue weighted by Gasteiger charge is -1.99. The van der Waals surface area contributed by atoms with Crippen molar-refractivity contribution in [3.63, 3.8) is 0 Å². The number of carbonyl (C=O) groups excluding carboxylic acids is 1. The number of primary amides is 1. The van der Waals surface area contributed by atoms with Crippen molar-refractivity contribution >= 4 is 5.91 Å². The molecule has 2 aromatic heterocycles. The van der Waals surface area contributed by atoms with Crippen LogP contribution >= 0.6 is 0 Å². The summed E-state index contributed by atoms with van der Waals surface area (Å²) < 4.78 is 1.62. The molecule has 0 unspecified atom stereocenters. The van der Waals surface area contributed by atoms with Gasteiger partial charge in [0.05, 0.1) is 5.69 Å². The van der Waals surface area contributed by atoms with Crippen LogP contribution < -0.4 is 5.73 Å². The molecule has 0 bridgehead atoms. The molecule has 0 aromatic carbocycles. The first-order chi connectivity index (χ1) is 7.18. The van der Waals surface area contributed by atoms with Crippen molar-refractivity contribution < 1.29 is 4.79 Å². The zero-order valence-corrected chi connectivity index (χ0v) is 8.21. The van der Waals surface area contributed by atoms with Crippen LogP contribution in [-0.4, -0.2) is 20.7 Å². The molecule has 0 spiro atoms. The molecule has 1 amide bonds. The molecule has 2 aromatic rings. The summed E-state index contributed by atoms with van der Waals surface area (Å²) in [6.07, 6.45) is 3.37. The Bertz CT molecular complexity index is 489. The lowest BCUT2D eigenvalue weighted by molar-refractivity contribution is 0.0995. The first-order valence-corrected chi connectivity index (χ1v) is 4.42. The van der Waals surface area contributed by atoms with Gasteiger partial charge in [-0.25, -0.2) is 0 Å². The molecule has 5 nitrogen and oxygen atoms in total. The smallest absolute Gasteiger partial charge is 0.269 e. The Hall–Kier alpha value is -2.17. The van der Waals surface area contributed by atoms with E-state index in [9.17, 15) is 4.79 Å². The van der Waals surface area contributed by atoms with Gasteiger partial charge in [-0.05, 0) is 18.2 Å². The summed E-state index contributed by atoms with van der Waals surface area (Å²) in [6.45, 7) is 0. The standard InChI is InChI=1S/C10H10N4O/c1-14-9(6-8(13-14)10(11)15)7-2-4-12-5-3-7/h2-6H,1H3,(H2,11,15). The number of aryl methyl sites for hydroxylation is 1. The highest BCUT2D eigenvalue weighted by Gasteiger charge is 2.10. The van der Waals surface area contributed by atoms with Gasteiger partial charge in [-0.15, -0.1) is 0 Å². The fourth-order valence-electron chi connectivity index (χ4n) is 1.38. The summed E-state index contributed by atoms with van der Waals surface area (Å²) in [6, 6.07) is 5.36. The maximum atomic E-state index is 10.9. The van der Waals surface area contributed by atoms with Crippen molar-refractivity contribution in [2.24, 2.45) is 12.8 Å². The van der Waals surface area contributed by atoms with E-state index in [4.69, 9.17) is 5.73 Å². The Balaban J connectivity index is 2.50. The van der Waals surface area contributed by atoms with Crippen LogP contribution in [0.15, 0.2) is 30.6 Å². The maximum absolute atomic E-state index is 10.9. The fraction of sp³-hybridized carbons (Fsp3) is 0.100. The summed E-state index contributed by atoms with van der Waals surface area (Å²) >= 11 is 0. The SMILES string of the molecule is Cn1nc(C(N)=O)cc1-c1ccncc1. The average Bonchev–Trinajstić information content (AvgIpc) is 2.62. The molecule has 0 aliphatic carbocycles. The lowest BCUT2D eigenvalue weighted by Crippen LogP contribution is -2.11. The minimum Gasteiger partial charge on any atom is -0.364 e. The number of aromatic nitrogens is 3. The van der Waals surface area contributed by atoms with Gasteiger partial charge in [0.15, 0.2) is 5.69 Å². The van der Waals surface area contributed by atoms with Crippen LogP contribution in [0, 0.1) is 0 Å². The van der Waals surface area contributed by atoms with Crippen LogP contribution in [-0.2, 0) is 7.05 Å². The van der Waals surface area contributed by atoms with Crippen molar-refractivity contribution in [2.45, 2.75) is 0 Å². The van der Waals surface area contributed by atoms with Gasteiger partial charge in [0, 0.05) is 25.0 Å². The summed E-state index contributed by atoms with van der Waals surface area (Å²) in [5.41, 5.74) is 7.21. The monoisotopic (exact) mass is 202 g/mol. The Labute approximate surface area is 86.5 Å². The highest BCUT2D eigenvalue weighted by Crippen LogP contribution is 2.18. The summed E-state index contributed by atoms with van der Waals surface area (Å²) in [5, 5.41) is 4.01. The third kappa shape index (κ3) is 1.71. The van der Waals surface area contributed by atoms with Crippen LogP contribution in [0.1, 0.15) is 10.5 Å². The summed E-state index contributed by atoms with van der Waals surface area (Å²) in [7, 11) is 1.77. The molecule has 0 aliphatic heterocycles. The number of nitrogens with two attached hydrogens (primary N) is 1. The quantitative estimate of drug-likeness (QED) is 0.774. The van der Waals surface area contributed by atoms with E-state index in [0.29, 0.717) is 0 Å². The molecule has 2 rings (SSSR count). The van der Waals surface area contributed by atoms with Gasteiger partial charge in [0.1, 0.15) is 0 Å². The second-order valence-corrected chi connectivity index (χ2v) is 3.14. The van der Waals surface area contributed by atoms with Gasteiger partial charge in [0.25, 0.3) is 5.91 Å². The number of hydrogen-bond donors (Lipinski definition) is 1. The molecule has 0 atom stereocenters. The minimum absolute atomic E-state index is 0.268. The zero-order chi connectivity index (χ0) is 10.8. The predicted molar refractivity (Wildman–Crippen MR) is 55.0 cm³/mol. The molecular weight excluding hydrogens is 192 g/mol. The van der Waals surface area contributed by atoms with Gasteiger partial charge >= 0.3 is 0 Å². The maximum Gasteiger partial charge on any atom is 0.269 e. The number of hydrogen-bond acceptors (Lipinski definition) is 3. The summed E-state index contributed by atoms with van der Waals surface area (Å²) in [5.74, 6) is -0.522. The van der Waals surface area contributed by atoms with Gasteiger partial charge < -0.3 is 5.73 Å². The highest BCUT2D eigenvalue weighted by molar-refractivity contribution is 5.91. The van der Waals surface area contributed by atoms with E-state index >= 15 is 0 Å². The van der Waals surface area contributed by atoms with Crippen molar-refractivity contribution in [1.29, 1.82) is 0 Å². The van der Waals surface area contributed by atoms with Gasteiger partial charge in [-0.3, -0.25) is 14.5 Å². The molecule has 0 saturated heterocycles. The molecule has 2 N–H and O–H groups in total. The third-order valence-corrected chi connectivity index (χ3v) is 2.11. The highest BCUT2D eigenvalue weighted by atomic mass is 16.1. The fourth-order valence-corrected chi connectivity index (χ4v) is 1.38. The number of nitrogens with zero attached hydrogens (tertiary/aromatic N) is 3. The first kappa shape index (κ1) is 9.39. The molecule has 0 aliphatic rings. The van der Waals surface area contributed by atoms with E-state index in [1.807, 2.05) is 12.1 Å². The van der Waals surface area contributed by atoms with Crippen LogP contribution in [0.5, 0.6) is 0 Å². The first-order valence-electron chi connectivity index (χ1n) is 4.42. The molecule has 2 heterocycles. The van der Waals surface area contributed by atoms with E-state index < -0.39 is 5.91 Å². The number of pyridine rings is 1. The third-order valence-electron chi connectivity index (χ3n) is 2.11. The van der Waals surface area contributed by atoms with E-state index in [0.717, 1.165) is 11.3 Å². The van der Waals surface area contributed by atoms with E-state index in [-0.39, 0.29) is 5.69 Å². The van der Waals surface area contributed by atoms with Crippen molar-refractivity contribution in [1.82, 2.24) is 14.8 Å². The Morgan fingerprint density at radius 2 is 2.07 bits per heavy atom.